The summed E-state index contributed by atoms with van der Waals surface area (Å²) in [6, 6.07) is 0. The summed E-state index contributed by atoms with van der Waals surface area (Å²) in [5, 5.41) is 0.139. The molecule has 1 aromatic heterocycles. The summed E-state index contributed by atoms with van der Waals surface area (Å²) in [7, 11) is -5.07. The van der Waals surface area contributed by atoms with Crippen LogP contribution in [0.3, 0.4) is 0 Å². The van der Waals surface area contributed by atoms with Gasteiger partial charge in [0.2, 0.25) is 6.33 Å². The molecule has 0 radical (unpaired) electrons. The minimum atomic E-state index is -5.93. The van der Waals surface area contributed by atoms with E-state index in [0.717, 1.165) is 7.05 Å². The van der Waals surface area contributed by atoms with Crippen LogP contribution in [0.5, 0.6) is 0 Å². The molecule has 34 heavy (non-hydrogen) atoms. The highest BCUT2D eigenvalue weighted by Gasteiger charge is 2.50. The van der Waals surface area contributed by atoms with Gasteiger partial charge in [0.05, 0.1) is 18.8 Å². The first-order chi connectivity index (χ1) is 14.9. The highest BCUT2D eigenvalue weighted by Crippen LogP contribution is 2.36. The third-order valence-electron chi connectivity index (χ3n) is 5.14. The van der Waals surface area contributed by atoms with Crippen LogP contribution in [0.1, 0.15) is 68.7 Å². The van der Waals surface area contributed by atoms with E-state index >= 15 is 0 Å². The van der Waals surface area contributed by atoms with Crippen molar-refractivity contribution in [2.75, 3.05) is 13.7 Å². The Morgan fingerprint density at radius 3 is 2.03 bits per heavy atom. The van der Waals surface area contributed by atoms with Crippen molar-refractivity contribution in [1.29, 1.82) is 0 Å². The van der Waals surface area contributed by atoms with Crippen molar-refractivity contribution in [3.8, 4) is 0 Å². The van der Waals surface area contributed by atoms with Crippen LogP contribution >= 0.6 is 0 Å². The van der Waals surface area contributed by atoms with Crippen molar-refractivity contribution in [3.05, 3.63) is 18.7 Å². The van der Waals surface area contributed by atoms with Gasteiger partial charge in [0.1, 0.15) is 17.9 Å². The number of hydroxylamine groups is 2. The van der Waals surface area contributed by atoms with Crippen LogP contribution in [0.4, 0.5) is 13.2 Å². The second-order valence-corrected chi connectivity index (χ2v) is 13.2. The molecule has 8 nitrogen and oxygen atoms in total. The van der Waals surface area contributed by atoms with Gasteiger partial charge in [0.15, 0.2) is 0 Å². The van der Waals surface area contributed by atoms with E-state index in [1.54, 1.807) is 13.8 Å². The molecule has 1 rings (SSSR count). The molecule has 0 bridgehead atoms. The third-order valence-corrected chi connectivity index (χ3v) is 6.13. The summed E-state index contributed by atoms with van der Waals surface area (Å²) in [4.78, 5) is 12.7. The Kier molecular flexibility index (Phi) is 8.73. The molecule has 0 N–H and O–H groups in total. The van der Waals surface area contributed by atoms with Gasteiger partial charge in [-0.05, 0) is 41.0 Å². The monoisotopic (exact) mass is 514 g/mol. The molecule has 0 aliphatic rings. The lowest BCUT2D eigenvalue weighted by molar-refractivity contribution is -0.709. The first kappa shape index (κ1) is 30.4. The molecule has 0 saturated heterocycles. The van der Waals surface area contributed by atoms with Crippen molar-refractivity contribution < 1.29 is 40.0 Å². The number of carbonyl (C=O) groups excluding carboxylic acids is 1. The maximum atomic E-state index is 12.7. The number of nitrogens with zero attached hydrogens (tertiary/aromatic N) is 3. The van der Waals surface area contributed by atoms with Crippen LogP contribution in [0, 0.1) is 10.8 Å². The van der Waals surface area contributed by atoms with Gasteiger partial charge in [-0.3, -0.25) is 4.79 Å². The van der Waals surface area contributed by atoms with Gasteiger partial charge in [0, 0.05) is 17.9 Å². The van der Waals surface area contributed by atoms with E-state index in [4.69, 9.17) is 4.74 Å². The van der Waals surface area contributed by atoms with Crippen molar-refractivity contribution in [2.24, 2.45) is 10.8 Å². The molecule has 0 saturated carbocycles. The van der Waals surface area contributed by atoms with Gasteiger partial charge in [-0.25, -0.2) is 14.2 Å². The molecular formula is C22H39F3N3O5S+. The maximum absolute atomic E-state index is 12.7. The first-order valence-electron chi connectivity index (χ1n) is 10.9. The number of imidazole rings is 1. The number of rotatable bonds is 10. The molecule has 0 atom stereocenters. The summed E-state index contributed by atoms with van der Waals surface area (Å²) < 4.78 is 74.2. The van der Waals surface area contributed by atoms with Crippen LogP contribution in [0.15, 0.2) is 18.7 Å². The van der Waals surface area contributed by atoms with E-state index in [-0.39, 0.29) is 22.6 Å². The van der Waals surface area contributed by atoms with Gasteiger partial charge in [-0.2, -0.15) is 21.6 Å². The van der Waals surface area contributed by atoms with Gasteiger partial charge in [-0.15, -0.1) is 4.28 Å². The number of hydrogen-bond acceptors (Lipinski definition) is 5. The van der Waals surface area contributed by atoms with E-state index < -0.39 is 32.4 Å². The largest absolute Gasteiger partial charge is 0.525 e. The summed E-state index contributed by atoms with van der Waals surface area (Å²) in [5.74, 6) is -0.878. The van der Waals surface area contributed by atoms with Crippen LogP contribution in [0.2, 0.25) is 0 Å². The van der Waals surface area contributed by atoms with Crippen molar-refractivity contribution in [2.45, 2.75) is 91.9 Å². The van der Waals surface area contributed by atoms with Gasteiger partial charge in [-0.1, -0.05) is 27.7 Å². The third kappa shape index (κ3) is 8.53. The van der Waals surface area contributed by atoms with Crippen LogP contribution in [-0.4, -0.2) is 48.7 Å². The number of hydrogen-bond donors (Lipinski definition) is 0. The molecule has 1 aromatic rings. The fourth-order valence-corrected chi connectivity index (χ4v) is 4.23. The Morgan fingerprint density at radius 1 is 1.03 bits per heavy atom. The average Bonchev–Trinajstić information content (AvgIpc) is 3.05. The normalized spacial score (nSPS) is 14.4. The lowest BCUT2D eigenvalue weighted by Gasteiger charge is -2.34. The number of aromatic nitrogens is 2. The second kappa shape index (κ2) is 9.77. The highest BCUT2D eigenvalue weighted by atomic mass is 32.2. The Labute approximate surface area is 201 Å². The second-order valence-electron chi connectivity index (χ2n) is 11.7. The molecule has 0 unspecified atom stereocenters. The smallest absolute Gasteiger partial charge is 0.371 e. The molecule has 198 valence electrons. The summed E-state index contributed by atoms with van der Waals surface area (Å²) >= 11 is 0. The van der Waals surface area contributed by atoms with Crippen LogP contribution in [-0.2, 0) is 36.0 Å². The highest BCUT2D eigenvalue weighted by molar-refractivity contribution is 7.87. The van der Waals surface area contributed by atoms with Gasteiger partial charge < -0.3 is 4.74 Å². The lowest BCUT2D eigenvalue weighted by atomic mass is 9.74. The number of halogens is 3. The summed E-state index contributed by atoms with van der Waals surface area (Å²) in [6.07, 6.45) is 6.03. The number of amides is 1. The fourth-order valence-electron chi connectivity index (χ4n) is 3.79. The zero-order chi connectivity index (χ0) is 27.0. The molecule has 0 aromatic carbocycles. The number of carbonyl (C=O) groups is 1. The molecule has 1 heterocycles. The molecule has 0 spiro atoms. The molecule has 0 aliphatic carbocycles. The quantitative estimate of drug-likeness (QED) is 0.268. The van der Waals surface area contributed by atoms with Crippen LogP contribution < -0.4 is 4.57 Å². The van der Waals surface area contributed by atoms with E-state index in [2.05, 4.69) is 18.1 Å². The van der Waals surface area contributed by atoms with Crippen molar-refractivity contribution in [1.82, 2.24) is 9.63 Å². The maximum Gasteiger partial charge on any atom is 0.525 e. The minimum Gasteiger partial charge on any atom is -0.371 e. The molecular weight excluding hydrogens is 475 g/mol. The number of ether oxygens (including phenoxy) is 1. The molecule has 12 heteroatoms. The topological polar surface area (TPSA) is 81.7 Å². The molecule has 1 amide bonds. The van der Waals surface area contributed by atoms with Gasteiger partial charge >= 0.3 is 15.6 Å². The minimum absolute atomic E-state index is 0.139. The summed E-state index contributed by atoms with van der Waals surface area (Å²) in [6.45, 7) is 18.0. The Morgan fingerprint density at radius 2 is 1.56 bits per heavy atom. The van der Waals surface area contributed by atoms with E-state index in [1.165, 1.54) is 0 Å². The van der Waals surface area contributed by atoms with Gasteiger partial charge in [0.25, 0.3) is 5.91 Å². The van der Waals surface area contributed by atoms with Crippen molar-refractivity contribution in [3.63, 3.8) is 0 Å². The Balaban J connectivity index is 2.91. The fraction of sp³-hybridized carbons (Fsp3) is 0.818. The van der Waals surface area contributed by atoms with Crippen LogP contribution in [0.25, 0.3) is 0 Å². The first-order valence-corrected chi connectivity index (χ1v) is 12.3. The average molecular weight is 515 g/mol. The molecule has 0 aliphatic heterocycles. The SMILES string of the molecule is CN(OS(=O)(=O)C(F)(F)F)C(=O)C(C)(C)CC(C)(C)C[n+]1ccn(C(C)(C)COC(C)(C)C)c1. The number of alkyl halides is 3. The summed E-state index contributed by atoms with van der Waals surface area (Å²) in [5.41, 5.74) is -7.85. The van der Waals surface area contributed by atoms with E-state index in [1.807, 2.05) is 62.5 Å². The standard InChI is InChI=1S/C22H39F3N3O5S/c1-18(2,3)32-15-21(8,9)28-12-11-27(16-28)14-19(4,5)13-20(6,7)17(29)26(10)33-34(30,31)22(23,24)25/h11-12,16H,13-15H2,1-10H3/q+1. The Bertz CT molecular complexity index is 961. The van der Waals surface area contributed by atoms with E-state index in [0.29, 0.717) is 13.2 Å². The Hall–Kier alpha value is -1.66. The zero-order valence-electron chi connectivity index (χ0n) is 21.8. The predicted octanol–water partition coefficient (Wildman–Crippen LogP) is 4.01. The predicted molar refractivity (Wildman–Crippen MR) is 121 cm³/mol. The zero-order valence-corrected chi connectivity index (χ0v) is 22.6. The molecule has 0 fully saturated rings. The van der Waals surface area contributed by atoms with E-state index in [9.17, 15) is 26.4 Å². The lowest BCUT2D eigenvalue weighted by Crippen LogP contribution is -2.47. The van der Waals surface area contributed by atoms with Crippen molar-refractivity contribution >= 4 is 16.0 Å².